The molecule has 0 fully saturated rings. The Morgan fingerprint density at radius 1 is 0.938 bits per heavy atom. The van der Waals surface area contributed by atoms with Gasteiger partial charge in [0.05, 0.1) is 11.3 Å². The molecule has 4 aromatic rings. The molecule has 3 N–H and O–H groups in total. The lowest BCUT2D eigenvalue weighted by Gasteiger charge is -2.11. The van der Waals surface area contributed by atoms with E-state index < -0.39 is 0 Å². The molecule has 0 atom stereocenters. The molecule has 0 spiro atoms. The van der Waals surface area contributed by atoms with Gasteiger partial charge in [0.25, 0.3) is 5.91 Å². The van der Waals surface area contributed by atoms with Crippen molar-refractivity contribution in [2.45, 2.75) is 19.5 Å². The van der Waals surface area contributed by atoms with E-state index in [1.165, 1.54) is 12.1 Å². The van der Waals surface area contributed by atoms with Gasteiger partial charge in [0.15, 0.2) is 0 Å². The molecule has 2 aromatic heterocycles. The number of aromatic amines is 1. The highest BCUT2D eigenvalue weighted by Gasteiger charge is 2.20. The number of pyridine rings is 1. The molecule has 0 unspecified atom stereocenters. The van der Waals surface area contributed by atoms with Crippen molar-refractivity contribution in [3.8, 4) is 22.5 Å². The van der Waals surface area contributed by atoms with Crippen LogP contribution in [0.5, 0.6) is 0 Å². The van der Waals surface area contributed by atoms with Gasteiger partial charge >= 0.3 is 0 Å². The van der Waals surface area contributed by atoms with E-state index in [9.17, 15) is 9.18 Å². The van der Waals surface area contributed by atoms with E-state index in [0.29, 0.717) is 19.6 Å². The standard InChI is InChI=1S/C26H23FN4O/c27-21-6-4-17(5-7-21)15-28-16-18-2-1-3-19(12-18)24-13-20(8-10-29-24)25-14-22-23(31-25)9-11-30-26(22)32/h1-8,10,12-14,28,31H,9,11,15-16H2,(H,30,32). The Morgan fingerprint density at radius 2 is 1.78 bits per heavy atom. The SMILES string of the molecule is O=C1NCCc2[nH]c(-c3ccnc(-c4cccc(CNCc5ccc(F)cc5)c4)c3)cc21. The number of nitrogens with zero attached hydrogens (tertiary/aromatic N) is 1. The van der Waals surface area contributed by atoms with Gasteiger partial charge in [-0.15, -0.1) is 0 Å². The van der Waals surface area contributed by atoms with Gasteiger partial charge in [-0.3, -0.25) is 9.78 Å². The van der Waals surface area contributed by atoms with E-state index in [4.69, 9.17) is 0 Å². The third kappa shape index (κ3) is 4.31. The average molecular weight is 426 g/mol. The molecule has 2 aromatic carbocycles. The number of hydrogen-bond acceptors (Lipinski definition) is 3. The van der Waals surface area contributed by atoms with Crippen molar-refractivity contribution in [2.24, 2.45) is 0 Å². The number of benzene rings is 2. The molecule has 5 nitrogen and oxygen atoms in total. The number of amides is 1. The van der Waals surface area contributed by atoms with Crippen molar-refractivity contribution in [3.63, 3.8) is 0 Å². The maximum absolute atomic E-state index is 13.0. The van der Waals surface area contributed by atoms with Gasteiger partial charge in [0.2, 0.25) is 0 Å². The molecule has 0 bridgehead atoms. The predicted octanol–water partition coefficient (Wildman–Crippen LogP) is 4.46. The number of carbonyl (C=O) groups excluding carboxylic acids is 1. The minimum absolute atomic E-state index is 0.0242. The molecule has 0 saturated carbocycles. The van der Waals surface area contributed by atoms with Crippen molar-refractivity contribution in [3.05, 3.63) is 101 Å². The molecule has 160 valence electrons. The fraction of sp³-hybridized carbons (Fsp3) is 0.154. The maximum Gasteiger partial charge on any atom is 0.253 e. The summed E-state index contributed by atoms with van der Waals surface area (Å²) in [6, 6.07) is 20.7. The fourth-order valence-electron chi connectivity index (χ4n) is 4.00. The first-order valence-electron chi connectivity index (χ1n) is 10.7. The predicted molar refractivity (Wildman–Crippen MR) is 122 cm³/mol. The lowest BCUT2D eigenvalue weighted by Crippen LogP contribution is -2.31. The second-order valence-corrected chi connectivity index (χ2v) is 7.94. The summed E-state index contributed by atoms with van der Waals surface area (Å²) in [5.41, 5.74) is 7.71. The smallest absolute Gasteiger partial charge is 0.253 e. The number of H-pyrrole nitrogens is 1. The van der Waals surface area contributed by atoms with Crippen LogP contribution in [0.25, 0.3) is 22.5 Å². The average Bonchev–Trinajstić information content (AvgIpc) is 3.27. The van der Waals surface area contributed by atoms with Crippen LogP contribution in [0, 0.1) is 5.82 Å². The van der Waals surface area contributed by atoms with E-state index >= 15 is 0 Å². The van der Waals surface area contributed by atoms with Crippen LogP contribution in [-0.2, 0) is 19.5 Å². The third-order valence-electron chi connectivity index (χ3n) is 5.67. The van der Waals surface area contributed by atoms with E-state index in [1.807, 2.05) is 30.3 Å². The fourth-order valence-corrected chi connectivity index (χ4v) is 4.00. The minimum atomic E-state index is -0.223. The van der Waals surface area contributed by atoms with E-state index in [2.05, 4.69) is 32.7 Å². The van der Waals surface area contributed by atoms with Crippen LogP contribution >= 0.6 is 0 Å². The Hall–Kier alpha value is -3.77. The van der Waals surface area contributed by atoms with Crippen LogP contribution in [0.1, 0.15) is 27.2 Å². The first kappa shape index (κ1) is 20.2. The Bertz CT molecular complexity index is 1260. The normalized spacial score (nSPS) is 13.0. The van der Waals surface area contributed by atoms with E-state index in [1.54, 1.807) is 18.3 Å². The zero-order valence-corrected chi connectivity index (χ0v) is 17.5. The lowest BCUT2D eigenvalue weighted by atomic mass is 10.0. The molecule has 32 heavy (non-hydrogen) atoms. The Balaban J connectivity index is 1.32. The monoisotopic (exact) mass is 426 g/mol. The summed E-state index contributed by atoms with van der Waals surface area (Å²) in [5, 5.41) is 6.28. The third-order valence-corrected chi connectivity index (χ3v) is 5.67. The highest BCUT2D eigenvalue weighted by molar-refractivity contribution is 5.97. The Labute approximate surface area is 185 Å². The summed E-state index contributed by atoms with van der Waals surface area (Å²) in [7, 11) is 0. The van der Waals surface area contributed by atoms with Gasteiger partial charge in [-0.25, -0.2) is 4.39 Å². The van der Waals surface area contributed by atoms with Gasteiger partial charge in [0, 0.05) is 54.8 Å². The zero-order valence-electron chi connectivity index (χ0n) is 17.5. The van der Waals surface area contributed by atoms with Crippen LogP contribution in [0.15, 0.2) is 72.9 Å². The van der Waals surface area contributed by atoms with Crippen LogP contribution < -0.4 is 10.6 Å². The molecule has 1 aliphatic heterocycles. The molecule has 0 radical (unpaired) electrons. The highest BCUT2D eigenvalue weighted by Crippen LogP contribution is 2.27. The van der Waals surface area contributed by atoms with Crippen molar-refractivity contribution < 1.29 is 9.18 Å². The van der Waals surface area contributed by atoms with Crippen LogP contribution in [0.4, 0.5) is 4.39 Å². The summed E-state index contributed by atoms with van der Waals surface area (Å²) >= 11 is 0. The van der Waals surface area contributed by atoms with Crippen molar-refractivity contribution in [1.82, 2.24) is 20.6 Å². The number of aromatic nitrogens is 2. The van der Waals surface area contributed by atoms with E-state index in [-0.39, 0.29) is 11.7 Å². The second kappa shape index (κ2) is 8.77. The summed E-state index contributed by atoms with van der Waals surface area (Å²) in [4.78, 5) is 20.0. The number of carbonyl (C=O) groups is 1. The molecular weight excluding hydrogens is 403 g/mol. The number of fused-ring (bicyclic) bond motifs is 1. The largest absolute Gasteiger partial charge is 0.358 e. The Kier molecular flexibility index (Phi) is 5.52. The second-order valence-electron chi connectivity index (χ2n) is 7.94. The van der Waals surface area contributed by atoms with Gasteiger partial charge in [-0.2, -0.15) is 0 Å². The van der Waals surface area contributed by atoms with Gasteiger partial charge in [-0.1, -0.05) is 30.3 Å². The van der Waals surface area contributed by atoms with Gasteiger partial charge in [-0.05, 0) is 47.5 Å². The molecule has 1 amide bonds. The summed E-state index contributed by atoms with van der Waals surface area (Å²) in [5.74, 6) is -0.247. The summed E-state index contributed by atoms with van der Waals surface area (Å²) in [6.45, 7) is 2.03. The number of halogens is 1. The molecule has 0 aliphatic carbocycles. The summed E-state index contributed by atoms with van der Waals surface area (Å²) in [6.07, 6.45) is 2.61. The highest BCUT2D eigenvalue weighted by atomic mass is 19.1. The molecule has 5 rings (SSSR count). The maximum atomic E-state index is 13.0. The van der Waals surface area contributed by atoms with Crippen LogP contribution in [-0.4, -0.2) is 22.4 Å². The molecular formula is C26H23FN4O. The molecule has 3 heterocycles. The first-order valence-corrected chi connectivity index (χ1v) is 10.7. The summed E-state index contributed by atoms with van der Waals surface area (Å²) < 4.78 is 13.0. The van der Waals surface area contributed by atoms with Crippen LogP contribution in [0.3, 0.4) is 0 Å². The van der Waals surface area contributed by atoms with Crippen LogP contribution in [0.2, 0.25) is 0 Å². The first-order chi connectivity index (χ1) is 15.7. The zero-order chi connectivity index (χ0) is 21.9. The number of hydrogen-bond donors (Lipinski definition) is 3. The molecule has 6 heteroatoms. The Morgan fingerprint density at radius 3 is 2.62 bits per heavy atom. The topological polar surface area (TPSA) is 69.8 Å². The van der Waals surface area contributed by atoms with E-state index in [0.717, 1.165) is 51.3 Å². The van der Waals surface area contributed by atoms with Crippen molar-refractivity contribution in [2.75, 3.05) is 6.54 Å². The molecule has 0 saturated heterocycles. The van der Waals surface area contributed by atoms with Gasteiger partial charge < -0.3 is 15.6 Å². The number of rotatable bonds is 6. The molecule has 1 aliphatic rings. The van der Waals surface area contributed by atoms with Gasteiger partial charge in [0.1, 0.15) is 5.82 Å². The minimum Gasteiger partial charge on any atom is -0.358 e. The lowest BCUT2D eigenvalue weighted by molar-refractivity contribution is 0.0946. The number of nitrogens with one attached hydrogen (secondary N) is 3. The van der Waals surface area contributed by atoms with Crippen molar-refractivity contribution >= 4 is 5.91 Å². The quantitative estimate of drug-likeness (QED) is 0.426. The van der Waals surface area contributed by atoms with Crippen molar-refractivity contribution in [1.29, 1.82) is 0 Å².